The maximum Gasteiger partial charge on any atom is 0.352 e. The van der Waals surface area contributed by atoms with Gasteiger partial charge in [-0.1, -0.05) is 13.5 Å². The second kappa shape index (κ2) is 9.67. The normalized spacial score (nSPS) is 17.0. The van der Waals surface area contributed by atoms with Crippen molar-refractivity contribution < 1.29 is 13.9 Å². The Hall–Kier alpha value is -2.82. The summed E-state index contributed by atoms with van der Waals surface area (Å²) in [4.78, 5) is 22.4. The number of hydrogen-bond acceptors (Lipinski definition) is 7. The van der Waals surface area contributed by atoms with Crippen molar-refractivity contribution in [3.8, 4) is 5.75 Å². The van der Waals surface area contributed by atoms with E-state index in [4.69, 9.17) is 9.47 Å². The number of aromatic nitrogens is 4. The minimum Gasteiger partial charge on any atom is -0.497 e. The molecule has 0 unspecified atom stereocenters. The van der Waals surface area contributed by atoms with Crippen LogP contribution in [-0.4, -0.2) is 57.5 Å². The Morgan fingerprint density at radius 3 is 2.89 bits per heavy atom. The lowest BCUT2D eigenvalue weighted by Gasteiger charge is -2.32. The van der Waals surface area contributed by atoms with Gasteiger partial charge < -0.3 is 9.47 Å². The molecule has 0 spiro atoms. The minimum atomic E-state index is -0.401. The lowest BCUT2D eigenvalue weighted by atomic mass is 9.98. The van der Waals surface area contributed by atoms with Crippen LogP contribution >= 0.6 is 11.3 Å². The summed E-state index contributed by atoms with van der Waals surface area (Å²) in [7, 11) is 1.50. The standard InChI is InChI=1S/C24H26FN5O3S.CH4/c1-32-17-3-2-16(19(25)10-17)12-29-23-21(22-26-14-27-30(22)24(29)31)18-4-7-28(13-20(18)34-23)11-15-5-8-33-9-6-15;/h2-3,10,14-15H,4-9,11-13H2,1H3;1H4. The number of rotatable bonds is 5. The van der Waals surface area contributed by atoms with Crippen LogP contribution in [0.1, 0.15) is 36.3 Å². The molecule has 3 aromatic heterocycles. The molecular formula is C25H30FN5O3S. The largest absolute Gasteiger partial charge is 0.497 e. The summed E-state index contributed by atoms with van der Waals surface area (Å²) in [6.07, 6.45) is 4.54. The smallest absolute Gasteiger partial charge is 0.352 e. The monoisotopic (exact) mass is 499 g/mol. The van der Waals surface area contributed by atoms with Gasteiger partial charge in [0.05, 0.1) is 19.0 Å². The molecule has 0 aliphatic carbocycles. The van der Waals surface area contributed by atoms with E-state index < -0.39 is 5.82 Å². The summed E-state index contributed by atoms with van der Waals surface area (Å²) in [5.41, 5.74) is 1.94. The molecule has 1 saturated heterocycles. The topological polar surface area (TPSA) is 73.9 Å². The van der Waals surface area contributed by atoms with E-state index in [0.717, 1.165) is 62.3 Å². The molecule has 0 atom stereocenters. The van der Waals surface area contributed by atoms with Crippen molar-refractivity contribution in [2.24, 2.45) is 5.92 Å². The second-order valence-corrected chi connectivity index (χ2v) is 10.1. The summed E-state index contributed by atoms with van der Waals surface area (Å²) in [5.74, 6) is 0.716. The van der Waals surface area contributed by atoms with E-state index in [2.05, 4.69) is 15.0 Å². The first-order valence-electron chi connectivity index (χ1n) is 11.6. The molecule has 186 valence electrons. The molecule has 0 N–H and O–H groups in total. The van der Waals surface area contributed by atoms with Gasteiger partial charge in [0.2, 0.25) is 0 Å². The zero-order valence-electron chi connectivity index (χ0n) is 19.0. The van der Waals surface area contributed by atoms with Crippen LogP contribution in [0.25, 0.3) is 15.9 Å². The highest BCUT2D eigenvalue weighted by atomic mass is 32.1. The number of hydrogen-bond donors (Lipinski definition) is 0. The van der Waals surface area contributed by atoms with Gasteiger partial charge in [-0.25, -0.2) is 14.2 Å². The zero-order valence-corrected chi connectivity index (χ0v) is 19.8. The third-order valence-corrected chi connectivity index (χ3v) is 8.23. The molecule has 1 fully saturated rings. The average Bonchev–Trinajstić information content (AvgIpc) is 3.48. The minimum absolute atomic E-state index is 0. The number of ether oxygens (including phenoxy) is 2. The van der Waals surface area contributed by atoms with Crippen molar-refractivity contribution in [2.45, 2.75) is 39.8 Å². The third-order valence-electron chi connectivity index (χ3n) is 6.99. The first-order valence-corrected chi connectivity index (χ1v) is 12.4. The number of halogens is 1. The Morgan fingerprint density at radius 2 is 2.11 bits per heavy atom. The molecule has 6 rings (SSSR count). The van der Waals surface area contributed by atoms with Crippen LogP contribution in [0.2, 0.25) is 0 Å². The van der Waals surface area contributed by atoms with Gasteiger partial charge in [0.25, 0.3) is 0 Å². The zero-order chi connectivity index (χ0) is 23.2. The molecule has 2 aliphatic rings. The number of methoxy groups -OCH3 is 1. The van der Waals surface area contributed by atoms with Crippen molar-refractivity contribution in [2.75, 3.05) is 33.4 Å². The van der Waals surface area contributed by atoms with Crippen molar-refractivity contribution in [1.82, 2.24) is 24.1 Å². The summed E-state index contributed by atoms with van der Waals surface area (Å²) in [6, 6.07) is 4.72. The van der Waals surface area contributed by atoms with Gasteiger partial charge in [0, 0.05) is 49.4 Å². The number of thiophene rings is 1. The highest BCUT2D eigenvalue weighted by Gasteiger charge is 2.28. The van der Waals surface area contributed by atoms with E-state index in [1.54, 1.807) is 28.0 Å². The molecule has 0 amide bonds. The quantitative estimate of drug-likeness (QED) is 0.417. The molecule has 10 heteroatoms. The van der Waals surface area contributed by atoms with Crippen LogP contribution in [0.5, 0.6) is 5.75 Å². The molecule has 2 aliphatic heterocycles. The maximum atomic E-state index is 14.8. The van der Waals surface area contributed by atoms with E-state index in [-0.39, 0.29) is 19.7 Å². The molecule has 5 heterocycles. The fourth-order valence-corrected chi connectivity index (χ4v) is 6.54. The van der Waals surface area contributed by atoms with Gasteiger partial charge in [-0.05, 0) is 36.8 Å². The first-order chi connectivity index (χ1) is 16.6. The van der Waals surface area contributed by atoms with E-state index in [1.807, 2.05) is 0 Å². The molecule has 0 bridgehead atoms. The highest BCUT2D eigenvalue weighted by molar-refractivity contribution is 7.19. The van der Waals surface area contributed by atoms with Crippen molar-refractivity contribution in [3.63, 3.8) is 0 Å². The number of fused-ring (bicyclic) bond motifs is 5. The van der Waals surface area contributed by atoms with Crippen LogP contribution in [0.15, 0.2) is 29.3 Å². The van der Waals surface area contributed by atoms with Crippen molar-refractivity contribution in [1.29, 1.82) is 0 Å². The number of benzene rings is 1. The molecule has 0 saturated carbocycles. The SMILES string of the molecule is C.COc1ccc(Cn2c(=O)n3ncnc3c3c4c(sc32)CN(CC2CCOCC2)CC4)c(F)c1. The lowest BCUT2D eigenvalue weighted by Crippen LogP contribution is -2.35. The third kappa shape index (κ3) is 4.23. The van der Waals surface area contributed by atoms with Crippen LogP contribution in [0.4, 0.5) is 4.39 Å². The maximum absolute atomic E-state index is 14.8. The van der Waals surface area contributed by atoms with Crippen molar-refractivity contribution >= 4 is 27.2 Å². The summed E-state index contributed by atoms with van der Waals surface area (Å²) >= 11 is 1.63. The predicted octanol–water partition coefficient (Wildman–Crippen LogP) is 3.72. The molecule has 1 aromatic carbocycles. The first kappa shape index (κ1) is 23.9. The Labute approximate surface area is 206 Å². The van der Waals surface area contributed by atoms with Gasteiger partial charge in [0.1, 0.15) is 22.7 Å². The fraction of sp³-hybridized carbons (Fsp3) is 0.480. The Morgan fingerprint density at radius 1 is 1.29 bits per heavy atom. The average molecular weight is 500 g/mol. The molecule has 35 heavy (non-hydrogen) atoms. The summed E-state index contributed by atoms with van der Waals surface area (Å²) in [6.45, 7) is 4.73. The Bertz CT molecular complexity index is 1420. The van der Waals surface area contributed by atoms with Gasteiger partial charge in [-0.2, -0.15) is 9.61 Å². The van der Waals surface area contributed by atoms with Crippen LogP contribution in [0, 0.1) is 11.7 Å². The lowest BCUT2D eigenvalue weighted by molar-refractivity contribution is 0.0508. The Kier molecular flexibility index (Phi) is 6.61. The van der Waals surface area contributed by atoms with Gasteiger partial charge in [-0.15, -0.1) is 11.3 Å². The van der Waals surface area contributed by atoms with Crippen LogP contribution in [0.3, 0.4) is 0 Å². The van der Waals surface area contributed by atoms with E-state index >= 15 is 0 Å². The van der Waals surface area contributed by atoms with Crippen molar-refractivity contribution in [3.05, 3.63) is 56.8 Å². The van der Waals surface area contributed by atoms with E-state index in [0.29, 0.717) is 22.9 Å². The highest BCUT2D eigenvalue weighted by Crippen LogP contribution is 2.37. The molecule has 8 nitrogen and oxygen atoms in total. The molecule has 4 aromatic rings. The number of nitrogens with zero attached hydrogens (tertiary/aromatic N) is 5. The summed E-state index contributed by atoms with van der Waals surface area (Å²) in [5, 5.41) is 5.15. The summed E-state index contributed by atoms with van der Waals surface area (Å²) < 4.78 is 28.4. The van der Waals surface area contributed by atoms with Gasteiger partial charge in [0.15, 0.2) is 5.65 Å². The van der Waals surface area contributed by atoms with E-state index in [1.165, 1.54) is 34.5 Å². The second-order valence-electron chi connectivity index (χ2n) is 9.05. The van der Waals surface area contributed by atoms with Crippen LogP contribution < -0.4 is 10.4 Å². The van der Waals surface area contributed by atoms with Gasteiger partial charge in [-0.3, -0.25) is 9.47 Å². The van der Waals surface area contributed by atoms with Crippen LogP contribution in [-0.2, 0) is 24.2 Å². The molecular weight excluding hydrogens is 469 g/mol. The Balaban J connectivity index is 0.00000253. The van der Waals surface area contributed by atoms with Gasteiger partial charge >= 0.3 is 5.69 Å². The predicted molar refractivity (Wildman–Crippen MR) is 134 cm³/mol. The fourth-order valence-electron chi connectivity index (χ4n) is 5.16. The molecule has 0 radical (unpaired) electrons. The van der Waals surface area contributed by atoms with E-state index in [9.17, 15) is 9.18 Å².